The summed E-state index contributed by atoms with van der Waals surface area (Å²) >= 11 is 0. The van der Waals surface area contributed by atoms with Gasteiger partial charge in [-0.2, -0.15) is 0 Å². The third kappa shape index (κ3) is 8.69. The fourth-order valence-electron chi connectivity index (χ4n) is 8.86. The van der Waals surface area contributed by atoms with E-state index in [9.17, 15) is 15.2 Å². The lowest BCUT2D eigenvalue weighted by Gasteiger charge is -2.55. The van der Waals surface area contributed by atoms with E-state index in [1.165, 1.54) is 69.8 Å². The van der Waals surface area contributed by atoms with Gasteiger partial charge in [0.05, 0.1) is 5.92 Å². The van der Waals surface area contributed by atoms with Gasteiger partial charge in [-0.15, -0.1) is 0 Å². The van der Waals surface area contributed by atoms with E-state index >= 15 is 0 Å². The van der Waals surface area contributed by atoms with E-state index in [4.69, 9.17) is 4.89 Å². The smallest absolute Gasteiger partial charge is 0.307 e. The highest BCUT2D eigenvalue weighted by Gasteiger charge is 2.56. The summed E-state index contributed by atoms with van der Waals surface area (Å²) in [6.07, 6.45) is 29.2. The molecule has 40 heavy (non-hydrogen) atoms. The van der Waals surface area contributed by atoms with Gasteiger partial charge in [0, 0.05) is 17.3 Å². The van der Waals surface area contributed by atoms with Gasteiger partial charge in [0.15, 0.2) is 0 Å². The fourth-order valence-corrected chi connectivity index (χ4v) is 8.86. The second-order valence-corrected chi connectivity index (χ2v) is 13.7. The zero-order valence-corrected chi connectivity index (χ0v) is 26.1. The summed E-state index contributed by atoms with van der Waals surface area (Å²) in [4.78, 5) is 18.8. The molecule has 4 heteroatoms. The highest BCUT2D eigenvalue weighted by Crippen LogP contribution is 2.58. The quantitative estimate of drug-likeness (QED) is 0.0963. The summed E-state index contributed by atoms with van der Waals surface area (Å²) in [6, 6.07) is 0. The molecule has 2 saturated carbocycles. The molecule has 0 aromatic carbocycles. The maximum absolute atomic E-state index is 13.1. The molecule has 0 aromatic heterocycles. The van der Waals surface area contributed by atoms with Crippen molar-refractivity contribution in [2.24, 2.45) is 35.0 Å². The molecule has 4 nitrogen and oxygen atoms in total. The molecule has 2 fully saturated rings. The molecule has 7 atom stereocenters. The molecule has 230 valence electrons. The zero-order valence-electron chi connectivity index (χ0n) is 26.1. The minimum atomic E-state index is -0.657. The Kier molecular flexibility index (Phi) is 14.8. The number of unbranched alkanes of at least 4 members (excludes halogenated alkanes) is 6. The first-order valence-electron chi connectivity index (χ1n) is 17.4. The molecule has 0 bridgehead atoms. The van der Waals surface area contributed by atoms with Gasteiger partial charge in [-0.1, -0.05) is 134 Å². The Morgan fingerprint density at radius 2 is 1.57 bits per heavy atom. The van der Waals surface area contributed by atoms with Crippen molar-refractivity contribution in [1.29, 1.82) is 0 Å². The molecule has 3 aliphatic rings. The number of carbonyl (C=O) groups is 1. The van der Waals surface area contributed by atoms with Gasteiger partial charge in [-0.05, 0) is 56.8 Å². The summed E-state index contributed by atoms with van der Waals surface area (Å²) < 4.78 is 0. The molecule has 0 aromatic rings. The van der Waals surface area contributed by atoms with Crippen LogP contribution in [-0.4, -0.2) is 22.4 Å². The number of rotatable bonds is 14. The van der Waals surface area contributed by atoms with Gasteiger partial charge in [-0.3, -0.25) is 10.1 Å². The standard InChI is InChI=1S/C36H62O4/c1-4-6-8-15-21-29-25-27-36(26-19-13-12-18-24-32(36)35(37)38)33(31(29)23-16-9-7-5-2)34(40-39)30-22-17-11-10-14-20-28(30)3/h25,27,29-34,39H,3-24,26H2,1-2H3,(H,37,38). The van der Waals surface area contributed by atoms with Crippen LogP contribution in [0.5, 0.6) is 0 Å². The molecule has 3 aliphatic carbocycles. The first kappa shape index (κ1) is 33.4. The highest BCUT2D eigenvalue weighted by atomic mass is 17.1. The van der Waals surface area contributed by atoms with Crippen LogP contribution in [0.25, 0.3) is 0 Å². The molecule has 0 heterocycles. The Balaban J connectivity index is 2.10. The van der Waals surface area contributed by atoms with Crippen LogP contribution in [0.15, 0.2) is 24.3 Å². The largest absolute Gasteiger partial charge is 0.481 e. The lowest BCUT2D eigenvalue weighted by Crippen LogP contribution is -2.54. The first-order chi connectivity index (χ1) is 19.5. The van der Waals surface area contributed by atoms with E-state index < -0.39 is 17.3 Å². The van der Waals surface area contributed by atoms with Crippen LogP contribution in [-0.2, 0) is 9.68 Å². The molecular formula is C36H62O4. The summed E-state index contributed by atoms with van der Waals surface area (Å²) in [5.41, 5.74) is 0.739. The topological polar surface area (TPSA) is 66.8 Å². The van der Waals surface area contributed by atoms with Crippen molar-refractivity contribution >= 4 is 5.97 Å². The van der Waals surface area contributed by atoms with Crippen LogP contribution in [0.1, 0.15) is 155 Å². The molecule has 0 radical (unpaired) electrons. The number of hydrogen-bond donors (Lipinski definition) is 2. The summed E-state index contributed by atoms with van der Waals surface area (Å²) in [5.74, 6) is -0.227. The van der Waals surface area contributed by atoms with E-state index in [0.717, 1.165) is 77.0 Å². The van der Waals surface area contributed by atoms with Crippen molar-refractivity contribution in [3.8, 4) is 0 Å². The SMILES string of the molecule is C=C1CCCCCCC1C(OO)C1C(CCCCCC)C(CCCCCC)C=CC12CCCCCCC2C(=O)O. The van der Waals surface area contributed by atoms with Crippen LogP contribution in [0.4, 0.5) is 0 Å². The van der Waals surface area contributed by atoms with E-state index in [2.05, 4.69) is 32.6 Å². The number of aliphatic carboxylic acids is 1. The van der Waals surface area contributed by atoms with Crippen molar-refractivity contribution in [2.75, 3.05) is 0 Å². The number of carboxylic acid groups (broad SMARTS) is 1. The number of allylic oxidation sites excluding steroid dienone is 2. The monoisotopic (exact) mass is 558 g/mol. The Hall–Kier alpha value is -1.13. The van der Waals surface area contributed by atoms with Crippen LogP contribution < -0.4 is 0 Å². The van der Waals surface area contributed by atoms with Crippen LogP contribution >= 0.6 is 0 Å². The molecular weight excluding hydrogens is 496 g/mol. The van der Waals surface area contributed by atoms with Crippen LogP contribution in [0, 0.1) is 35.0 Å². The Bertz CT molecular complexity index is 775. The minimum Gasteiger partial charge on any atom is -0.481 e. The molecule has 3 rings (SSSR count). The third-order valence-electron chi connectivity index (χ3n) is 11.0. The van der Waals surface area contributed by atoms with Crippen molar-refractivity contribution in [3.05, 3.63) is 24.3 Å². The molecule has 2 N–H and O–H groups in total. The van der Waals surface area contributed by atoms with E-state index in [-0.39, 0.29) is 17.9 Å². The summed E-state index contributed by atoms with van der Waals surface area (Å²) in [7, 11) is 0. The Labute approximate surface area is 246 Å². The zero-order chi connectivity index (χ0) is 28.8. The molecule has 0 amide bonds. The minimum absolute atomic E-state index is 0.000628. The van der Waals surface area contributed by atoms with Crippen LogP contribution in [0.2, 0.25) is 0 Å². The predicted octanol–water partition coefficient (Wildman–Crippen LogP) is 10.8. The van der Waals surface area contributed by atoms with E-state index in [1.54, 1.807) is 0 Å². The second-order valence-electron chi connectivity index (χ2n) is 13.7. The second kappa shape index (κ2) is 17.7. The molecule has 0 saturated heterocycles. The van der Waals surface area contributed by atoms with Crippen molar-refractivity contribution in [1.82, 2.24) is 0 Å². The number of carboxylic acids is 1. The highest BCUT2D eigenvalue weighted by molar-refractivity contribution is 5.72. The van der Waals surface area contributed by atoms with Gasteiger partial charge >= 0.3 is 5.97 Å². The van der Waals surface area contributed by atoms with Gasteiger partial charge in [0.2, 0.25) is 0 Å². The normalized spacial score (nSPS) is 32.7. The van der Waals surface area contributed by atoms with E-state index in [1.807, 2.05) is 0 Å². The molecule has 0 aliphatic heterocycles. The molecule has 1 spiro atoms. The fraction of sp³-hybridized carbons (Fsp3) is 0.861. The summed E-state index contributed by atoms with van der Waals surface area (Å²) in [5, 5.41) is 21.6. The lowest BCUT2D eigenvalue weighted by molar-refractivity contribution is -0.316. The first-order valence-corrected chi connectivity index (χ1v) is 17.4. The average Bonchev–Trinajstić information content (AvgIpc) is 2.92. The van der Waals surface area contributed by atoms with Crippen LogP contribution in [0.3, 0.4) is 0 Å². The molecule has 7 unspecified atom stereocenters. The maximum Gasteiger partial charge on any atom is 0.307 e. The van der Waals surface area contributed by atoms with Crippen molar-refractivity contribution in [2.45, 2.75) is 161 Å². The average molecular weight is 559 g/mol. The van der Waals surface area contributed by atoms with E-state index in [0.29, 0.717) is 11.8 Å². The van der Waals surface area contributed by atoms with Crippen molar-refractivity contribution in [3.63, 3.8) is 0 Å². The third-order valence-corrected chi connectivity index (χ3v) is 11.0. The predicted molar refractivity (Wildman–Crippen MR) is 166 cm³/mol. The lowest BCUT2D eigenvalue weighted by atomic mass is 9.50. The van der Waals surface area contributed by atoms with Gasteiger partial charge in [0.25, 0.3) is 0 Å². The van der Waals surface area contributed by atoms with Gasteiger partial charge in [-0.25, -0.2) is 4.89 Å². The Morgan fingerprint density at radius 1 is 0.925 bits per heavy atom. The van der Waals surface area contributed by atoms with Crippen molar-refractivity contribution < 1.29 is 20.0 Å². The Morgan fingerprint density at radius 3 is 2.25 bits per heavy atom. The van der Waals surface area contributed by atoms with Gasteiger partial charge < -0.3 is 5.11 Å². The summed E-state index contributed by atoms with van der Waals surface area (Å²) in [6.45, 7) is 9.09. The van der Waals surface area contributed by atoms with Gasteiger partial charge in [0.1, 0.15) is 6.10 Å². The maximum atomic E-state index is 13.1. The number of hydrogen-bond acceptors (Lipinski definition) is 3.